The van der Waals surface area contributed by atoms with Crippen molar-refractivity contribution in [2.75, 3.05) is 0 Å². The van der Waals surface area contributed by atoms with E-state index in [2.05, 4.69) is 246 Å². The zero-order chi connectivity index (χ0) is 51.5. The van der Waals surface area contributed by atoms with Crippen LogP contribution in [0.1, 0.15) is 191 Å². The molecule has 0 aromatic heterocycles. The summed E-state index contributed by atoms with van der Waals surface area (Å²) in [4.78, 5) is 0. The van der Waals surface area contributed by atoms with Crippen LogP contribution in [-0.2, 0) is 21.7 Å². The molecule has 0 saturated heterocycles. The lowest BCUT2D eigenvalue weighted by molar-refractivity contribution is -0.0182. The van der Waals surface area contributed by atoms with Gasteiger partial charge in [-0.25, -0.2) is 0 Å². The van der Waals surface area contributed by atoms with Gasteiger partial charge in [0.15, 0.2) is 0 Å². The van der Waals surface area contributed by atoms with Crippen molar-refractivity contribution in [3.05, 3.63) is 177 Å². The van der Waals surface area contributed by atoms with Gasteiger partial charge in [0, 0.05) is 16.2 Å². The number of hydrogen-bond acceptors (Lipinski definition) is 4. The van der Waals surface area contributed by atoms with Gasteiger partial charge in [-0.2, -0.15) is 0 Å². The molecule has 0 spiro atoms. The van der Waals surface area contributed by atoms with E-state index in [9.17, 15) is 0 Å². The van der Waals surface area contributed by atoms with Crippen LogP contribution in [0.2, 0.25) is 0 Å². The summed E-state index contributed by atoms with van der Waals surface area (Å²) in [5, 5.41) is 0. The van der Waals surface area contributed by atoms with E-state index in [1.807, 2.05) is 0 Å². The highest BCUT2D eigenvalue weighted by atomic mass is 16.5. The van der Waals surface area contributed by atoms with Crippen molar-refractivity contribution in [3.8, 4) is 34.5 Å². The average Bonchev–Trinajstić information content (AvgIpc) is 3.35. The fraction of sp³-hybridized carbons (Fsp3) is 0.455. The van der Waals surface area contributed by atoms with Gasteiger partial charge in [0.25, 0.3) is 0 Å². The molecule has 0 aliphatic heterocycles. The first-order valence-corrected chi connectivity index (χ1v) is 26.3. The molecule has 0 aliphatic rings. The summed E-state index contributed by atoms with van der Waals surface area (Å²) < 4.78 is 26.8. The summed E-state index contributed by atoms with van der Waals surface area (Å²) in [5.74, 6) is 5.34. The summed E-state index contributed by atoms with van der Waals surface area (Å²) in [6, 6.07) is 44.0. The molecule has 4 heteroatoms. The highest BCUT2D eigenvalue weighted by Gasteiger charge is 2.48. The largest absolute Gasteiger partial charge is 0.488 e. The smallest absolute Gasteiger partial charge is 0.130 e. The SMILES string of the molecule is CCC(C)(C)Oc1ccc(C(C)(C)c2ccc(Oc3ccc(C(C)(CC)C(CC)(CC)Oc4ccc(C(C)(C)c5ccc(Oc6cccc(C(C)(CC)CC)c6)c(C)c5)cc4C)cc3)c(C)c2)cc1C. The monoisotopic (exact) mass is 943 g/mol. The lowest BCUT2D eigenvalue weighted by atomic mass is 9.64. The van der Waals surface area contributed by atoms with Crippen LogP contribution in [0, 0.1) is 27.7 Å². The molecular weight excluding hydrogens is 857 g/mol. The topological polar surface area (TPSA) is 36.9 Å². The first kappa shape index (κ1) is 53.9. The van der Waals surface area contributed by atoms with E-state index in [4.69, 9.17) is 18.9 Å². The average molecular weight is 943 g/mol. The molecule has 1 unspecified atom stereocenters. The predicted molar refractivity (Wildman–Crippen MR) is 297 cm³/mol. The Labute approximate surface area is 424 Å². The molecule has 0 fully saturated rings. The van der Waals surface area contributed by atoms with E-state index in [1.54, 1.807) is 0 Å². The molecule has 0 amide bonds. The molecule has 70 heavy (non-hydrogen) atoms. The molecule has 0 radical (unpaired) electrons. The second kappa shape index (κ2) is 21.1. The maximum absolute atomic E-state index is 7.34. The highest BCUT2D eigenvalue weighted by Crippen LogP contribution is 2.48. The van der Waals surface area contributed by atoms with Crippen molar-refractivity contribution in [2.45, 2.75) is 196 Å². The second-order valence-corrected chi connectivity index (χ2v) is 22.4. The van der Waals surface area contributed by atoms with E-state index in [0.717, 1.165) is 95.3 Å². The molecule has 6 rings (SSSR count). The van der Waals surface area contributed by atoms with Crippen LogP contribution in [0.4, 0.5) is 0 Å². The van der Waals surface area contributed by atoms with Gasteiger partial charge in [-0.1, -0.05) is 156 Å². The van der Waals surface area contributed by atoms with Crippen LogP contribution in [0.3, 0.4) is 0 Å². The second-order valence-electron chi connectivity index (χ2n) is 22.4. The van der Waals surface area contributed by atoms with E-state index < -0.39 is 5.60 Å². The number of aryl methyl sites for hydroxylation is 4. The summed E-state index contributed by atoms with van der Waals surface area (Å²) in [6.45, 7) is 40.4. The molecule has 0 bridgehead atoms. The van der Waals surface area contributed by atoms with Crippen LogP contribution in [0.15, 0.2) is 121 Å². The first-order valence-electron chi connectivity index (χ1n) is 26.3. The van der Waals surface area contributed by atoms with E-state index in [1.165, 1.54) is 33.4 Å². The fourth-order valence-corrected chi connectivity index (χ4v) is 10.3. The molecular formula is C66H86O4. The maximum Gasteiger partial charge on any atom is 0.130 e. The van der Waals surface area contributed by atoms with Crippen LogP contribution < -0.4 is 18.9 Å². The van der Waals surface area contributed by atoms with Crippen LogP contribution in [-0.4, -0.2) is 11.2 Å². The van der Waals surface area contributed by atoms with Crippen LogP contribution in [0.5, 0.6) is 34.5 Å². The Bertz CT molecular complexity index is 2730. The molecule has 0 N–H and O–H groups in total. The molecule has 6 aromatic rings. The minimum absolute atomic E-state index is 0.138. The lowest BCUT2D eigenvalue weighted by Crippen LogP contribution is -2.53. The lowest BCUT2D eigenvalue weighted by Gasteiger charge is -2.48. The van der Waals surface area contributed by atoms with Crippen LogP contribution in [0.25, 0.3) is 0 Å². The molecule has 4 nitrogen and oxygen atoms in total. The molecule has 0 heterocycles. The number of ether oxygens (including phenoxy) is 4. The van der Waals surface area contributed by atoms with Crippen LogP contribution >= 0.6 is 0 Å². The Kier molecular flexibility index (Phi) is 16.2. The molecule has 1 atom stereocenters. The van der Waals surface area contributed by atoms with Crippen molar-refractivity contribution >= 4 is 0 Å². The predicted octanol–water partition coefficient (Wildman–Crippen LogP) is 19.1. The normalized spacial score (nSPS) is 13.5. The Hall–Kier alpha value is -5.48. The quantitative estimate of drug-likeness (QED) is 0.0720. The number of benzene rings is 6. The summed E-state index contributed by atoms with van der Waals surface area (Å²) in [7, 11) is 0. The molecule has 374 valence electrons. The molecule has 6 aromatic carbocycles. The van der Waals surface area contributed by atoms with Crippen molar-refractivity contribution in [2.24, 2.45) is 0 Å². The van der Waals surface area contributed by atoms with Gasteiger partial charge < -0.3 is 18.9 Å². The standard InChI is InChI=1S/C66H86O4/c1-19-61(11,12)69-59-38-32-52(42-47(59)9)62(13,14)50-30-36-57(45(7)40-50)67-55-34-28-49(29-35-55)65(18,22-4)66(23-5,24-6)70-60-39-33-53(43-48(60)10)63(15,16)51-31-37-58(46(8)41-51)68-56-27-25-26-54(44-56)64(17,20-2)21-3/h25-44H,19-24H2,1-18H3. The van der Waals surface area contributed by atoms with Gasteiger partial charge >= 0.3 is 0 Å². The summed E-state index contributed by atoms with van der Waals surface area (Å²) >= 11 is 0. The van der Waals surface area contributed by atoms with Crippen molar-refractivity contribution in [3.63, 3.8) is 0 Å². The Morgan fingerprint density at radius 2 is 0.743 bits per heavy atom. The van der Waals surface area contributed by atoms with Crippen molar-refractivity contribution < 1.29 is 18.9 Å². The fourth-order valence-electron chi connectivity index (χ4n) is 10.3. The zero-order valence-electron chi connectivity index (χ0n) is 46.4. The Morgan fingerprint density at radius 1 is 0.343 bits per heavy atom. The van der Waals surface area contributed by atoms with E-state index >= 15 is 0 Å². The third-order valence-electron chi connectivity index (χ3n) is 17.0. The summed E-state index contributed by atoms with van der Waals surface area (Å²) in [5.41, 5.74) is 10.9. The van der Waals surface area contributed by atoms with Gasteiger partial charge in [-0.05, 0) is 190 Å². The van der Waals surface area contributed by atoms with Gasteiger partial charge in [-0.15, -0.1) is 0 Å². The van der Waals surface area contributed by atoms with Crippen molar-refractivity contribution in [1.82, 2.24) is 0 Å². The van der Waals surface area contributed by atoms with E-state index in [0.29, 0.717) is 0 Å². The number of hydrogen-bond donors (Lipinski definition) is 0. The third kappa shape index (κ3) is 10.9. The molecule has 0 aliphatic carbocycles. The Morgan fingerprint density at radius 3 is 1.13 bits per heavy atom. The van der Waals surface area contributed by atoms with Gasteiger partial charge in [0.2, 0.25) is 0 Å². The van der Waals surface area contributed by atoms with Gasteiger partial charge in [0.1, 0.15) is 45.7 Å². The van der Waals surface area contributed by atoms with Crippen molar-refractivity contribution in [1.29, 1.82) is 0 Å². The summed E-state index contributed by atoms with van der Waals surface area (Å²) in [6.07, 6.45) is 5.78. The van der Waals surface area contributed by atoms with Gasteiger partial charge in [-0.3, -0.25) is 0 Å². The number of rotatable bonds is 21. The zero-order valence-corrected chi connectivity index (χ0v) is 46.4. The highest BCUT2D eigenvalue weighted by molar-refractivity contribution is 5.51. The Balaban J connectivity index is 1.17. The molecule has 0 saturated carbocycles. The van der Waals surface area contributed by atoms with Gasteiger partial charge in [0.05, 0.1) is 0 Å². The maximum atomic E-state index is 7.34. The van der Waals surface area contributed by atoms with E-state index in [-0.39, 0.29) is 27.3 Å². The minimum atomic E-state index is -0.443. The third-order valence-corrected chi connectivity index (χ3v) is 17.0. The minimum Gasteiger partial charge on any atom is -0.488 e. The first-order chi connectivity index (χ1) is 32.9.